The summed E-state index contributed by atoms with van der Waals surface area (Å²) in [5.41, 5.74) is 60.6. The standard InChI is InChI=1S/C21H28.C18H18Br4.C18H22.C16H18.C15H16.C14H14.C9H12.2C8H10.3CH4/c1-13-8-20(9-14(2)18(13)6)10-17(5)21-11-15(3)19(7)16(4)12-21;1-7-9(3)15(19)13(16(20)10(7)4)14-17(21)11(5)8(2)12(6)18(14)22;1-11-7-17(8-12(2)15(11)5)18-9-13(3)16(6)14(4)10-18;1-11-5-7-15(9-13(11)3)16-8-6-12(2)14(4)10-16;1-12-3-7-14(8-4-12)11-15-9-5-13(2)6-10-15;1-11-3-7-13(8-4-11)14-9-5-12(2)6-10-14;1-7-4-5-8(2)9(3)6-7;1-7-3-5-8(2)6-4-7;1-7-4-3-5-8(2)6-7;;;/h8-9,11-12,17H,10H2,1-7H3;1-6H3;7-10H,1-6H3;5-10H,1-4H3;3-10H,11H2,1-2H3;3-10H,1-2H3;4-6H,1-3H3;2*3-6H,1-2H3;3*1H4. The molecule has 0 nitrogen and oxygen atoms in total. The molecule has 0 saturated heterocycles. The summed E-state index contributed by atoms with van der Waals surface area (Å²) in [6, 6.07) is 90.1. The van der Waals surface area contributed by atoms with Crippen LogP contribution in [-0.4, -0.2) is 0 Å². The Morgan fingerprint density at radius 1 is 0.179 bits per heavy atom. The van der Waals surface area contributed by atoms with Gasteiger partial charge < -0.3 is 0 Å². The third-order valence-corrected chi connectivity index (χ3v) is 30.4. The molecule has 0 N–H and O–H groups in total. The first-order valence-electron chi connectivity index (χ1n) is 46.4. The molecule has 0 heterocycles. The number of hydrogen-bond acceptors (Lipinski definition) is 0. The van der Waals surface area contributed by atoms with Gasteiger partial charge >= 0.3 is 0 Å². The van der Waals surface area contributed by atoms with Crippen molar-refractivity contribution in [3.63, 3.8) is 0 Å². The molecular weight excluding hydrogens is 1880 g/mol. The van der Waals surface area contributed by atoms with Crippen molar-refractivity contribution in [3.8, 4) is 44.5 Å². The second-order valence-corrected chi connectivity index (χ2v) is 40.5. The third kappa shape index (κ3) is 34.2. The van der Waals surface area contributed by atoms with Crippen molar-refractivity contribution >= 4 is 63.7 Å². The van der Waals surface area contributed by atoms with Crippen LogP contribution in [0, 0.1) is 228 Å². The number of hydrogen-bond donors (Lipinski definition) is 0. The fraction of sp³-hybridized carbons (Fsp3) is 0.308. The van der Waals surface area contributed by atoms with Gasteiger partial charge in [0.2, 0.25) is 0 Å². The highest BCUT2D eigenvalue weighted by molar-refractivity contribution is 9.11. The highest BCUT2D eigenvalue weighted by atomic mass is 79.9. The molecular formula is C130H160Br4. The Balaban J connectivity index is 0.000000320. The van der Waals surface area contributed by atoms with E-state index >= 15 is 0 Å². The minimum Gasteiger partial charge on any atom is -0.0776 e. The van der Waals surface area contributed by atoms with Crippen LogP contribution in [0.1, 0.15) is 241 Å². The van der Waals surface area contributed by atoms with E-state index in [1.165, 1.54) is 250 Å². The van der Waals surface area contributed by atoms with E-state index in [4.69, 9.17) is 0 Å². The van der Waals surface area contributed by atoms with Gasteiger partial charge in [-0.1, -0.05) is 328 Å². The molecule has 0 spiro atoms. The maximum Gasteiger partial charge on any atom is 0.0297 e. The van der Waals surface area contributed by atoms with E-state index in [0.717, 1.165) is 30.7 Å². The van der Waals surface area contributed by atoms with Gasteiger partial charge in [-0.2, -0.15) is 0 Å². The fourth-order valence-electron chi connectivity index (χ4n) is 15.4. The van der Waals surface area contributed by atoms with Crippen LogP contribution in [0.4, 0.5) is 0 Å². The molecule has 15 aromatic carbocycles. The second kappa shape index (κ2) is 54.8. The molecule has 15 aromatic rings. The molecule has 708 valence electrons. The van der Waals surface area contributed by atoms with Gasteiger partial charge in [0.25, 0.3) is 0 Å². The smallest absolute Gasteiger partial charge is 0.0297 e. The monoisotopic (exact) mass is 2040 g/mol. The van der Waals surface area contributed by atoms with Crippen LogP contribution in [-0.2, 0) is 12.8 Å². The van der Waals surface area contributed by atoms with Crippen LogP contribution < -0.4 is 0 Å². The van der Waals surface area contributed by atoms with Gasteiger partial charge in [0.05, 0.1) is 0 Å². The Hall–Kier alpha value is -9.78. The molecule has 1 unspecified atom stereocenters. The SMILES string of the molecule is C.C.C.Cc1c(C)c(Br)c(-c2c(Br)c(C)c(C)c(C)c2Br)c(Br)c1C.Cc1cc(-c2cc(C)c(C)c(C)c2)cc(C)c1C.Cc1cc(CC(C)c2cc(C)c(C)c(C)c2)cc(C)c1C.Cc1ccc(-c2ccc(C)c(C)c2)cc1C.Cc1ccc(-c2ccc(C)cc2)cc1.Cc1ccc(C)c(C)c1.Cc1ccc(C)cc1.Cc1ccc(Cc2ccc(C)cc2)cc1.Cc1cccc(C)c1. The normalized spacial score (nSPS) is 10.5. The van der Waals surface area contributed by atoms with Gasteiger partial charge in [-0.05, 0) is 500 Å². The number of aryl methyl sites for hydroxylation is 23. The van der Waals surface area contributed by atoms with Crippen LogP contribution in [0.3, 0.4) is 0 Å². The molecule has 15 rings (SSSR count). The highest BCUT2D eigenvalue weighted by Crippen LogP contribution is 2.49. The molecule has 0 aliphatic heterocycles. The zero-order chi connectivity index (χ0) is 97.3. The van der Waals surface area contributed by atoms with Crippen molar-refractivity contribution in [1.29, 1.82) is 0 Å². The zero-order valence-electron chi connectivity index (χ0n) is 85.7. The average molecular weight is 2040 g/mol. The van der Waals surface area contributed by atoms with E-state index in [0.29, 0.717) is 5.92 Å². The van der Waals surface area contributed by atoms with Gasteiger partial charge in [-0.25, -0.2) is 0 Å². The van der Waals surface area contributed by atoms with Crippen LogP contribution in [0.2, 0.25) is 0 Å². The van der Waals surface area contributed by atoms with Crippen molar-refractivity contribution < 1.29 is 0 Å². The Morgan fingerprint density at radius 2 is 0.403 bits per heavy atom. The average Bonchev–Trinajstić information content (AvgIpc) is 0.748. The Labute approximate surface area is 849 Å². The summed E-state index contributed by atoms with van der Waals surface area (Å²) in [5.74, 6) is 0.560. The quantitative estimate of drug-likeness (QED) is 0.135. The molecule has 0 fully saturated rings. The maximum atomic E-state index is 3.82. The summed E-state index contributed by atoms with van der Waals surface area (Å²) < 4.78 is 4.58. The summed E-state index contributed by atoms with van der Waals surface area (Å²) in [6.07, 6.45) is 2.14. The van der Waals surface area contributed by atoms with Crippen molar-refractivity contribution in [1.82, 2.24) is 0 Å². The predicted octanol–water partition coefficient (Wildman–Crippen LogP) is 40.9. The van der Waals surface area contributed by atoms with Crippen molar-refractivity contribution in [2.24, 2.45) is 0 Å². The number of benzene rings is 15. The van der Waals surface area contributed by atoms with E-state index in [-0.39, 0.29) is 22.3 Å². The lowest BCUT2D eigenvalue weighted by atomic mass is 9.88. The summed E-state index contributed by atoms with van der Waals surface area (Å²) in [7, 11) is 0. The minimum atomic E-state index is 0. The predicted molar refractivity (Wildman–Crippen MR) is 615 cm³/mol. The molecule has 0 aromatic heterocycles. The third-order valence-electron chi connectivity index (χ3n) is 26.4. The van der Waals surface area contributed by atoms with Gasteiger partial charge in [-0.15, -0.1) is 0 Å². The first-order valence-corrected chi connectivity index (χ1v) is 49.5. The van der Waals surface area contributed by atoms with E-state index < -0.39 is 0 Å². The number of halogens is 4. The summed E-state index contributed by atoms with van der Waals surface area (Å²) in [6.45, 7) is 73.7. The molecule has 0 radical (unpaired) electrons. The van der Waals surface area contributed by atoms with E-state index in [1.807, 2.05) is 0 Å². The van der Waals surface area contributed by atoms with Crippen LogP contribution in [0.15, 0.2) is 267 Å². The summed E-state index contributed by atoms with van der Waals surface area (Å²) in [5, 5.41) is 0. The molecule has 0 bridgehead atoms. The van der Waals surface area contributed by atoms with Crippen molar-refractivity contribution in [2.75, 3.05) is 0 Å². The molecule has 0 aliphatic rings. The summed E-state index contributed by atoms with van der Waals surface area (Å²) in [4.78, 5) is 0. The topological polar surface area (TPSA) is 0 Å². The molecule has 1 atom stereocenters. The largest absolute Gasteiger partial charge is 0.0776 e. The molecule has 0 amide bonds. The molecule has 134 heavy (non-hydrogen) atoms. The van der Waals surface area contributed by atoms with E-state index in [9.17, 15) is 0 Å². The molecule has 4 heteroatoms. The number of rotatable bonds is 9. The van der Waals surface area contributed by atoms with Crippen LogP contribution >= 0.6 is 63.7 Å². The van der Waals surface area contributed by atoms with Gasteiger partial charge in [0, 0.05) is 29.0 Å². The fourth-order valence-corrected chi connectivity index (χ4v) is 18.7. The van der Waals surface area contributed by atoms with E-state index in [1.54, 1.807) is 0 Å². The lowest BCUT2D eigenvalue weighted by molar-refractivity contribution is 0.755. The van der Waals surface area contributed by atoms with E-state index in [2.05, 4.69) is 548 Å². The molecule has 0 aliphatic carbocycles. The molecule has 0 saturated carbocycles. The zero-order valence-corrected chi connectivity index (χ0v) is 92.0. The lowest BCUT2D eigenvalue weighted by Gasteiger charge is -2.22. The summed E-state index contributed by atoms with van der Waals surface area (Å²) >= 11 is 15.3. The Morgan fingerprint density at radius 3 is 0.664 bits per heavy atom. The van der Waals surface area contributed by atoms with Crippen LogP contribution in [0.5, 0.6) is 0 Å². The van der Waals surface area contributed by atoms with Crippen molar-refractivity contribution in [3.05, 3.63) is 472 Å². The Kier molecular flexibility index (Phi) is 47.7. The Bertz CT molecular complexity index is 5890. The van der Waals surface area contributed by atoms with Crippen molar-refractivity contribution in [2.45, 2.75) is 276 Å². The van der Waals surface area contributed by atoms with Gasteiger partial charge in [0.1, 0.15) is 0 Å². The second-order valence-electron chi connectivity index (χ2n) is 37.3. The first kappa shape index (κ1) is 117. The van der Waals surface area contributed by atoms with Crippen LogP contribution in [0.25, 0.3) is 44.5 Å². The maximum absolute atomic E-state index is 3.82. The van der Waals surface area contributed by atoms with Gasteiger partial charge in [-0.3, -0.25) is 0 Å². The van der Waals surface area contributed by atoms with Gasteiger partial charge in [0.15, 0.2) is 0 Å². The first-order chi connectivity index (χ1) is 61.6. The lowest BCUT2D eigenvalue weighted by Crippen LogP contribution is -2.02. The minimum absolute atomic E-state index is 0. The highest BCUT2D eigenvalue weighted by Gasteiger charge is 2.24.